The van der Waals surface area contributed by atoms with Gasteiger partial charge in [0.15, 0.2) is 0 Å². The summed E-state index contributed by atoms with van der Waals surface area (Å²) in [5, 5.41) is 6.78. The van der Waals surface area contributed by atoms with Crippen molar-refractivity contribution in [2.24, 2.45) is 0 Å². The van der Waals surface area contributed by atoms with Gasteiger partial charge in [-0.25, -0.2) is 0 Å². The molecule has 0 aliphatic heterocycles. The molecule has 0 aliphatic carbocycles. The molecule has 0 radical (unpaired) electrons. The van der Waals surface area contributed by atoms with Crippen LogP contribution in [0.1, 0.15) is 12.3 Å². The molecular formula is C20H23N5O3. The van der Waals surface area contributed by atoms with Gasteiger partial charge >= 0.3 is 0 Å². The average molecular weight is 381 g/mol. The molecule has 1 N–H and O–H groups in total. The summed E-state index contributed by atoms with van der Waals surface area (Å²) in [5.74, 6) is 1.56. The van der Waals surface area contributed by atoms with E-state index in [2.05, 4.69) is 25.3 Å². The molecule has 146 valence electrons. The van der Waals surface area contributed by atoms with Gasteiger partial charge in [0.2, 0.25) is 17.6 Å². The number of ether oxygens (including phenoxy) is 1. The first kappa shape index (κ1) is 19.5. The molecule has 3 aromatic rings. The van der Waals surface area contributed by atoms with Gasteiger partial charge in [-0.1, -0.05) is 5.16 Å². The van der Waals surface area contributed by atoms with Gasteiger partial charge < -0.3 is 19.5 Å². The van der Waals surface area contributed by atoms with Crippen LogP contribution in [0.2, 0.25) is 0 Å². The molecule has 8 nitrogen and oxygen atoms in total. The molecule has 0 spiro atoms. The molecule has 0 unspecified atom stereocenters. The maximum Gasteiger partial charge on any atom is 0.227 e. The average Bonchev–Trinajstić information content (AvgIpc) is 3.17. The summed E-state index contributed by atoms with van der Waals surface area (Å²) in [7, 11) is 3.99. The number of hydrogen-bond acceptors (Lipinski definition) is 7. The van der Waals surface area contributed by atoms with E-state index < -0.39 is 0 Å². The summed E-state index contributed by atoms with van der Waals surface area (Å²) >= 11 is 0. The molecule has 28 heavy (non-hydrogen) atoms. The van der Waals surface area contributed by atoms with Crippen molar-refractivity contribution >= 4 is 11.6 Å². The fraction of sp³-hybridized carbons (Fsp3) is 0.300. The number of pyridine rings is 1. The monoisotopic (exact) mass is 381 g/mol. The second-order valence-electron chi connectivity index (χ2n) is 6.47. The lowest BCUT2D eigenvalue weighted by molar-refractivity contribution is -0.116. The van der Waals surface area contributed by atoms with Crippen LogP contribution >= 0.6 is 0 Å². The van der Waals surface area contributed by atoms with Crippen LogP contribution in [-0.4, -0.2) is 53.2 Å². The van der Waals surface area contributed by atoms with E-state index in [9.17, 15) is 4.79 Å². The number of amides is 1. The Morgan fingerprint density at radius 3 is 2.61 bits per heavy atom. The number of aryl methyl sites for hydroxylation is 1. The van der Waals surface area contributed by atoms with Crippen molar-refractivity contribution in [2.45, 2.75) is 12.8 Å². The zero-order chi connectivity index (χ0) is 19.8. The first-order valence-corrected chi connectivity index (χ1v) is 9.00. The largest absolute Gasteiger partial charge is 0.492 e. The van der Waals surface area contributed by atoms with E-state index in [1.165, 1.54) is 0 Å². The van der Waals surface area contributed by atoms with Gasteiger partial charge in [-0.15, -0.1) is 0 Å². The van der Waals surface area contributed by atoms with Gasteiger partial charge in [0, 0.05) is 43.0 Å². The van der Waals surface area contributed by atoms with Crippen molar-refractivity contribution < 1.29 is 14.1 Å². The Hall–Kier alpha value is -3.26. The summed E-state index contributed by atoms with van der Waals surface area (Å²) in [6, 6.07) is 10.9. The van der Waals surface area contributed by atoms with E-state index >= 15 is 0 Å². The Bertz CT molecular complexity index is 878. The third-order valence-corrected chi connectivity index (χ3v) is 3.92. The molecule has 0 atom stereocenters. The van der Waals surface area contributed by atoms with Gasteiger partial charge in [0.05, 0.1) is 0 Å². The van der Waals surface area contributed by atoms with Crippen LogP contribution in [0.15, 0.2) is 53.3 Å². The zero-order valence-corrected chi connectivity index (χ0v) is 16.0. The van der Waals surface area contributed by atoms with Crippen molar-refractivity contribution in [3.63, 3.8) is 0 Å². The minimum atomic E-state index is -0.120. The lowest BCUT2D eigenvalue weighted by Gasteiger charge is -2.11. The topological polar surface area (TPSA) is 93.4 Å². The standard InChI is InChI=1S/C20H23N5O3/c1-25(2)13-14-27-17-5-3-16(4-6-17)22-18(26)7-8-19-23-20(24-28-19)15-9-11-21-12-10-15/h3-6,9-12H,7-8,13-14H2,1-2H3,(H,22,26). The molecule has 1 amide bonds. The fourth-order valence-electron chi connectivity index (χ4n) is 2.40. The zero-order valence-electron chi connectivity index (χ0n) is 16.0. The maximum atomic E-state index is 12.1. The number of nitrogens with one attached hydrogen (secondary N) is 1. The number of aromatic nitrogens is 3. The van der Waals surface area contributed by atoms with Crippen LogP contribution in [0.3, 0.4) is 0 Å². The number of carbonyl (C=O) groups is 1. The second-order valence-corrected chi connectivity index (χ2v) is 6.47. The minimum Gasteiger partial charge on any atom is -0.492 e. The molecule has 1 aromatic carbocycles. The number of anilines is 1. The number of benzene rings is 1. The summed E-state index contributed by atoms with van der Waals surface area (Å²) in [6.07, 6.45) is 3.95. The highest BCUT2D eigenvalue weighted by molar-refractivity contribution is 5.90. The predicted octanol–water partition coefficient (Wildman–Crippen LogP) is 2.64. The van der Waals surface area contributed by atoms with Crippen LogP contribution in [0, 0.1) is 0 Å². The molecule has 3 rings (SSSR count). The summed E-state index contributed by atoms with van der Waals surface area (Å²) in [4.78, 5) is 22.5. The number of likely N-dealkylation sites (N-methyl/N-ethyl adjacent to an activating group) is 1. The Balaban J connectivity index is 1.45. The summed E-state index contributed by atoms with van der Waals surface area (Å²) in [6.45, 7) is 1.46. The predicted molar refractivity (Wildman–Crippen MR) is 105 cm³/mol. The van der Waals surface area contributed by atoms with Crippen molar-refractivity contribution in [3.05, 3.63) is 54.7 Å². The molecule has 0 fully saturated rings. The van der Waals surface area contributed by atoms with E-state index in [0.29, 0.717) is 30.4 Å². The number of carbonyl (C=O) groups excluding carboxylic acids is 1. The highest BCUT2D eigenvalue weighted by atomic mass is 16.5. The van der Waals surface area contributed by atoms with Crippen LogP contribution in [-0.2, 0) is 11.2 Å². The van der Waals surface area contributed by atoms with Crippen molar-refractivity contribution in [2.75, 3.05) is 32.6 Å². The third-order valence-electron chi connectivity index (χ3n) is 3.92. The van der Waals surface area contributed by atoms with Crippen LogP contribution < -0.4 is 10.1 Å². The van der Waals surface area contributed by atoms with Crippen LogP contribution in [0.25, 0.3) is 11.4 Å². The van der Waals surface area contributed by atoms with E-state index in [1.807, 2.05) is 38.4 Å². The van der Waals surface area contributed by atoms with Gasteiger partial charge in [-0.2, -0.15) is 4.98 Å². The second kappa shape index (κ2) is 9.61. The third kappa shape index (κ3) is 5.88. The van der Waals surface area contributed by atoms with E-state index in [1.54, 1.807) is 24.5 Å². The highest BCUT2D eigenvalue weighted by Gasteiger charge is 2.11. The SMILES string of the molecule is CN(C)CCOc1ccc(NC(=O)CCc2nc(-c3ccncc3)no2)cc1. The molecule has 2 heterocycles. The van der Waals surface area contributed by atoms with Crippen LogP contribution in [0.5, 0.6) is 5.75 Å². The van der Waals surface area contributed by atoms with E-state index in [4.69, 9.17) is 9.26 Å². The van der Waals surface area contributed by atoms with Crippen molar-refractivity contribution in [3.8, 4) is 17.1 Å². The summed E-state index contributed by atoms with van der Waals surface area (Å²) in [5.41, 5.74) is 1.54. The molecule has 2 aromatic heterocycles. The maximum absolute atomic E-state index is 12.1. The summed E-state index contributed by atoms with van der Waals surface area (Å²) < 4.78 is 10.8. The minimum absolute atomic E-state index is 0.120. The van der Waals surface area contributed by atoms with Gasteiger partial charge in [0.25, 0.3) is 0 Å². The Morgan fingerprint density at radius 2 is 1.89 bits per heavy atom. The first-order valence-electron chi connectivity index (χ1n) is 9.00. The quantitative estimate of drug-likeness (QED) is 0.609. The molecule has 0 saturated carbocycles. The van der Waals surface area contributed by atoms with Gasteiger partial charge in [-0.05, 0) is 50.5 Å². The number of nitrogens with zero attached hydrogens (tertiary/aromatic N) is 4. The van der Waals surface area contributed by atoms with Crippen molar-refractivity contribution in [1.82, 2.24) is 20.0 Å². The normalized spacial score (nSPS) is 10.8. The molecule has 8 heteroatoms. The van der Waals surface area contributed by atoms with Crippen molar-refractivity contribution in [1.29, 1.82) is 0 Å². The molecule has 0 saturated heterocycles. The first-order chi connectivity index (χ1) is 13.6. The van der Waals surface area contributed by atoms with E-state index in [-0.39, 0.29) is 12.3 Å². The van der Waals surface area contributed by atoms with Gasteiger partial charge in [0.1, 0.15) is 12.4 Å². The fourth-order valence-corrected chi connectivity index (χ4v) is 2.40. The van der Waals surface area contributed by atoms with Crippen LogP contribution in [0.4, 0.5) is 5.69 Å². The smallest absolute Gasteiger partial charge is 0.227 e. The number of hydrogen-bond donors (Lipinski definition) is 1. The molecular weight excluding hydrogens is 358 g/mol. The van der Waals surface area contributed by atoms with Gasteiger partial charge in [-0.3, -0.25) is 9.78 Å². The highest BCUT2D eigenvalue weighted by Crippen LogP contribution is 2.17. The molecule has 0 aliphatic rings. The lowest BCUT2D eigenvalue weighted by atomic mass is 10.2. The lowest BCUT2D eigenvalue weighted by Crippen LogP contribution is -2.19. The Labute approximate surface area is 163 Å². The Morgan fingerprint density at radius 1 is 1.14 bits per heavy atom. The van der Waals surface area contributed by atoms with E-state index in [0.717, 1.165) is 17.9 Å². The molecule has 0 bridgehead atoms. The Kier molecular flexibility index (Phi) is 6.69. The number of rotatable bonds is 9.